The second-order valence-electron chi connectivity index (χ2n) is 7.30. The van der Waals surface area contributed by atoms with E-state index in [0.29, 0.717) is 6.04 Å². The molecular weight excluding hydrogens is 296 g/mol. The van der Waals surface area contributed by atoms with E-state index < -0.39 is 0 Å². The van der Waals surface area contributed by atoms with Crippen molar-refractivity contribution in [3.05, 3.63) is 35.4 Å². The second kappa shape index (κ2) is 9.67. The fourth-order valence-corrected chi connectivity index (χ4v) is 3.29. The van der Waals surface area contributed by atoms with E-state index in [9.17, 15) is 0 Å². The van der Waals surface area contributed by atoms with E-state index in [2.05, 4.69) is 67.7 Å². The second-order valence-corrected chi connectivity index (χ2v) is 7.30. The predicted octanol–water partition coefficient (Wildman–Crippen LogP) is 3.38. The number of guanidine groups is 1. The molecule has 0 aliphatic heterocycles. The largest absolute Gasteiger partial charge is 0.357 e. The van der Waals surface area contributed by atoms with E-state index in [-0.39, 0.29) is 0 Å². The Balaban J connectivity index is 2.00. The molecule has 2 rings (SSSR count). The summed E-state index contributed by atoms with van der Waals surface area (Å²) in [6.07, 6.45) is 5.15. The molecule has 134 valence electrons. The summed E-state index contributed by atoms with van der Waals surface area (Å²) in [5, 5.41) is 7.04. The summed E-state index contributed by atoms with van der Waals surface area (Å²) in [4.78, 5) is 7.04. The number of benzene rings is 1. The van der Waals surface area contributed by atoms with Crippen molar-refractivity contribution in [1.29, 1.82) is 0 Å². The molecule has 0 unspecified atom stereocenters. The Morgan fingerprint density at radius 2 is 1.79 bits per heavy atom. The van der Waals surface area contributed by atoms with Crippen LogP contribution in [0, 0.1) is 5.92 Å². The molecule has 24 heavy (non-hydrogen) atoms. The molecule has 0 radical (unpaired) electrons. The summed E-state index contributed by atoms with van der Waals surface area (Å²) in [5.74, 6) is 1.83. The van der Waals surface area contributed by atoms with E-state index in [4.69, 9.17) is 4.99 Å². The molecule has 1 aromatic rings. The van der Waals surface area contributed by atoms with Crippen LogP contribution >= 0.6 is 0 Å². The Morgan fingerprint density at radius 1 is 1.12 bits per heavy atom. The molecule has 0 saturated heterocycles. The van der Waals surface area contributed by atoms with Gasteiger partial charge >= 0.3 is 0 Å². The van der Waals surface area contributed by atoms with Crippen molar-refractivity contribution < 1.29 is 0 Å². The van der Waals surface area contributed by atoms with Crippen LogP contribution in [0.4, 0.5) is 0 Å². The van der Waals surface area contributed by atoms with Crippen molar-refractivity contribution in [2.45, 2.75) is 58.7 Å². The zero-order valence-corrected chi connectivity index (χ0v) is 15.8. The van der Waals surface area contributed by atoms with Crippen LogP contribution in [0.2, 0.25) is 0 Å². The quantitative estimate of drug-likeness (QED) is 0.620. The standard InChI is InChI=1S/C20H34N4/c1-5-21-20(23-19-12-10-16(2)11-13-19)22-14-17-8-6-7-9-18(17)15-24(3)4/h6-9,16,19H,5,10-15H2,1-4H3,(H2,21,22,23). The van der Waals surface area contributed by atoms with E-state index in [1.54, 1.807) is 0 Å². The SMILES string of the molecule is CCNC(=NCc1ccccc1CN(C)C)NC1CCC(C)CC1. The normalized spacial score (nSPS) is 21.8. The van der Waals surface area contributed by atoms with Gasteiger partial charge in [0.05, 0.1) is 6.54 Å². The topological polar surface area (TPSA) is 39.7 Å². The van der Waals surface area contributed by atoms with Crippen molar-refractivity contribution in [2.24, 2.45) is 10.9 Å². The minimum absolute atomic E-state index is 0.566. The van der Waals surface area contributed by atoms with Crippen LogP contribution in [-0.4, -0.2) is 37.5 Å². The van der Waals surface area contributed by atoms with Crippen molar-refractivity contribution >= 4 is 5.96 Å². The lowest BCUT2D eigenvalue weighted by molar-refractivity contribution is 0.329. The molecule has 0 spiro atoms. The van der Waals surface area contributed by atoms with Gasteiger partial charge in [-0.2, -0.15) is 0 Å². The maximum atomic E-state index is 4.84. The fraction of sp³-hybridized carbons (Fsp3) is 0.650. The first kappa shape index (κ1) is 18.8. The van der Waals surface area contributed by atoms with E-state index in [1.807, 2.05) is 0 Å². The number of hydrogen-bond acceptors (Lipinski definition) is 2. The van der Waals surface area contributed by atoms with Crippen LogP contribution in [0.1, 0.15) is 50.7 Å². The van der Waals surface area contributed by atoms with Gasteiger partial charge in [0.1, 0.15) is 0 Å². The molecule has 1 aliphatic carbocycles. The minimum atomic E-state index is 0.566. The molecule has 1 aromatic carbocycles. The van der Waals surface area contributed by atoms with Gasteiger partial charge in [0, 0.05) is 19.1 Å². The van der Waals surface area contributed by atoms with Gasteiger partial charge in [0.25, 0.3) is 0 Å². The summed E-state index contributed by atoms with van der Waals surface area (Å²) in [7, 11) is 4.21. The minimum Gasteiger partial charge on any atom is -0.357 e. The zero-order valence-electron chi connectivity index (χ0n) is 15.8. The van der Waals surface area contributed by atoms with Gasteiger partial charge in [-0.3, -0.25) is 0 Å². The van der Waals surface area contributed by atoms with Crippen LogP contribution in [0.3, 0.4) is 0 Å². The van der Waals surface area contributed by atoms with Gasteiger partial charge in [-0.15, -0.1) is 0 Å². The summed E-state index contributed by atoms with van der Waals surface area (Å²) in [5.41, 5.74) is 2.66. The van der Waals surface area contributed by atoms with Crippen LogP contribution in [-0.2, 0) is 13.1 Å². The lowest BCUT2D eigenvalue weighted by Crippen LogP contribution is -2.44. The van der Waals surface area contributed by atoms with Crippen molar-refractivity contribution in [2.75, 3.05) is 20.6 Å². The molecule has 2 N–H and O–H groups in total. The molecule has 1 saturated carbocycles. The molecule has 0 bridgehead atoms. The third-order valence-corrected chi connectivity index (χ3v) is 4.71. The van der Waals surface area contributed by atoms with Crippen LogP contribution in [0.25, 0.3) is 0 Å². The molecule has 0 amide bonds. The van der Waals surface area contributed by atoms with Crippen molar-refractivity contribution in [1.82, 2.24) is 15.5 Å². The first-order valence-electron chi connectivity index (χ1n) is 9.34. The number of nitrogens with zero attached hydrogens (tertiary/aromatic N) is 2. The van der Waals surface area contributed by atoms with E-state index in [0.717, 1.165) is 31.5 Å². The highest BCUT2D eigenvalue weighted by atomic mass is 15.2. The van der Waals surface area contributed by atoms with Crippen LogP contribution in [0.5, 0.6) is 0 Å². The summed E-state index contributed by atoms with van der Waals surface area (Å²) < 4.78 is 0. The van der Waals surface area contributed by atoms with Gasteiger partial charge < -0.3 is 15.5 Å². The van der Waals surface area contributed by atoms with E-state index >= 15 is 0 Å². The zero-order chi connectivity index (χ0) is 17.4. The first-order chi connectivity index (χ1) is 11.6. The van der Waals surface area contributed by atoms with Gasteiger partial charge in [-0.25, -0.2) is 4.99 Å². The number of hydrogen-bond donors (Lipinski definition) is 2. The van der Waals surface area contributed by atoms with Crippen molar-refractivity contribution in [3.8, 4) is 0 Å². The molecular formula is C20H34N4. The lowest BCUT2D eigenvalue weighted by Gasteiger charge is -2.28. The summed E-state index contributed by atoms with van der Waals surface area (Å²) in [6, 6.07) is 9.17. The highest BCUT2D eigenvalue weighted by molar-refractivity contribution is 5.80. The molecule has 4 heteroatoms. The predicted molar refractivity (Wildman–Crippen MR) is 103 cm³/mol. The van der Waals surface area contributed by atoms with Gasteiger partial charge in [0.2, 0.25) is 0 Å². The third kappa shape index (κ3) is 6.16. The Hall–Kier alpha value is -1.55. The maximum absolute atomic E-state index is 4.84. The maximum Gasteiger partial charge on any atom is 0.191 e. The Morgan fingerprint density at radius 3 is 2.42 bits per heavy atom. The van der Waals surface area contributed by atoms with E-state index in [1.165, 1.54) is 36.8 Å². The van der Waals surface area contributed by atoms with Crippen LogP contribution < -0.4 is 10.6 Å². The summed E-state index contributed by atoms with van der Waals surface area (Å²) >= 11 is 0. The highest BCUT2D eigenvalue weighted by Gasteiger charge is 2.18. The lowest BCUT2D eigenvalue weighted by atomic mass is 9.87. The Bertz CT molecular complexity index is 516. The first-order valence-corrected chi connectivity index (χ1v) is 9.34. The molecule has 4 nitrogen and oxygen atoms in total. The number of nitrogens with one attached hydrogen (secondary N) is 2. The van der Waals surface area contributed by atoms with Gasteiger partial charge in [-0.1, -0.05) is 31.2 Å². The smallest absolute Gasteiger partial charge is 0.191 e. The average Bonchev–Trinajstić information content (AvgIpc) is 2.55. The Kier molecular flexibility index (Phi) is 7.57. The molecule has 0 heterocycles. The average molecular weight is 331 g/mol. The fourth-order valence-electron chi connectivity index (χ4n) is 3.29. The third-order valence-electron chi connectivity index (χ3n) is 4.71. The molecule has 1 aliphatic rings. The molecule has 0 atom stereocenters. The number of aliphatic imine (C=N–C) groups is 1. The highest BCUT2D eigenvalue weighted by Crippen LogP contribution is 2.23. The number of rotatable bonds is 6. The molecule has 0 aromatic heterocycles. The van der Waals surface area contributed by atoms with Gasteiger partial charge in [-0.05, 0) is 63.7 Å². The van der Waals surface area contributed by atoms with Crippen LogP contribution in [0.15, 0.2) is 29.3 Å². The summed E-state index contributed by atoms with van der Waals surface area (Å²) in [6.45, 7) is 7.06. The monoisotopic (exact) mass is 330 g/mol. The van der Waals surface area contributed by atoms with Crippen molar-refractivity contribution in [3.63, 3.8) is 0 Å². The van der Waals surface area contributed by atoms with Gasteiger partial charge in [0.15, 0.2) is 5.96 Å². The molecule has 1 fully saturated rings. The Labute approximate surface area is 147 Å².